The summed E-state index contributed by atoms with van der Waals surface area (Å²) in [5.41, 5.74) is 5.75. The molecule has 0 saturated heterocycles. The Balaban J connectivity index is 1.89. The molecule has 8 heteroatoms. The predicted molar refractivity (Wildman–Crippen MR) is 98.4 cm³/mol. The fourth-order valence-electron chi connectivity index (χ4n) is 2.21. The maximum absolute atomic E-state index is 12.6. The molecule has 2 aromatic carbocycles. The van der Waals surface area contributed by atoms with Gasteiger partial charge in [-0.05, 0) is 36.4 Å². The minimum atomic E-state index is -0.613. The summed E-state index contributed by atoms with van der Waals surface area (Å²) in [5, 5.41) is 20.0. The van der Waals surface area contributed by atoms with Gasteiger partial charge in [0, 0.05) is 17.2 Å². The molecule has 4 N–H and O–H groups in total. The molecule has 26 heavy (non-hydrogen) atoms. The molecule has 1 heterocycles. The van der Waals surface area contributed by atoms with E-state index in [0.717, 1.165) is 12.1 Å². The first-order chi connectivity index (χ1) is 12.3. The van der Waals surface area contributed by atoms with Crippen LogP contribution in [0.3, 0.4) is 0 Å². The van der Waals surface area contributed by atoms with E-state index >= 15 is 0 Å². The number of nitrogens with zero attached hydrogens (tertiary/aromatic N) is 1. The van der Waals surface area contributed by atoms with Gasteiger partial charge < -0.3 is 20.7 Å². The number of ether oxygens (including phenoxy) is 1. The van der Waals surface area contributed by atoms with Gasteiger partial charge in [-0.15, -0.1) is 0 Å². The summed E-state index contributed by atoms with van der Waals surface area (Å²) in [7, 11) is 0. The van der Waals surface area contributed by atoms with Crippen molar-refractivity contribution in [2.75, 3.05) is 5.73 Å². The number of anilines is 1. The first kappa shape index (κ1) is 17.8. The average molecular weight is 391 g/mol. The van der Waals surface area contributed by atoms with Crippen molar-refractivity contribution >= 4 is 34.8 Å². The number of aromatic nitrogens is 1. The van der Waals surface area contributed by atoms with Crippen LogP contribution in [-0.2, 0) is 0 Å². The highest BCUT2D eigenvalue weighted by Gasteiger charge is 2.19. The highest BCUT2D eigenvalue weighted by molar-refractivity contribution is 6.32. The second kappa shape index (κ2) is 7.11. The predicted octanol–water partition coefficient (Wildman–Crippen LogP) is 4.41. The highest BCUT2D eigenvalue weighted by atomic mass is 35.5. The van der Waals surface area contributed by atoms with Crippen LogP contribution in [0.5, 0.6) is 23.1 Å². The van der Waals surface area contributed by atoms with Gasteiger partial charge in [0.25, 0.3) is 0 Å². The quantitative estimate of drug-likeness (QED) is 0.450. The Hall–Kier alpha value is -2.96. The summed E-state index contributed by atoms with van der Waals surface area (Å²) in [4.78, 5) is 16.6. The van der Waals surface area contributed by atoms with Crippen LogP contribution in [0.4, 0.5) is 5.82 Å². The molecule has 0 saturated carbocycles. The van der Waals surface area contributed by atoms with Crippen LogP contribution in [0.15, 0.2) is 48.5 Å². The zero-order valence-electron chi connectivity index (χ0n) is 13.1. The number of phenols is 2. The number of carbonyl (C=O) groups excluding carboxylic acids is 1. The first-order valence-corrected chi connectivity index (χ1v) is 8.07. The van der Waals surface area contributed by atoms with Crippen LogP contribution in [0.25, 0.3) is 0 Å². The largest absolute Gasteiger partial charge is 0.507 e. The molecular formula is C18H12Cl2N2O4. The topological polar surface area (TPSA) is 106 Å². The summed E-state index contributed by atoms with van der Waals surface area (Å²) >= 11 is 11.5. The molecule has 0 fully saturated rings. The Morgan fingerprint density at radius 2 is 1.65 bits per heavy atom. The van der Waals surface area contributed by atoms with Gasteiger partial charge in [0.15, 0.2) is 0 Å². The number of nitrogens with two attached hydrogens (primary N) is 1. The summed E-state index contributed by atoms with van der Waals surface area (Å²) in [5.74, 6) is -0.723. The zero-order valence-corrected chi connectivity index (χ0v) is 14.6. The number of rotatable bonds is 4. The Labute approximate surface area is 158 Å². The molecule has 132 valence electrons. The third kappa shape index (κ3) is 3.66. The third-order valence-electron chi connectivity index (χ3n) is 3.49. The van der Waals surface area contributed by atoms with Gasteiger partial charge in [0.2, 0.25) is 11.7 Å². The number of halogens is 2. The first-order valence-electron chi connectivity index (χ1n) is 7.31. The van der Waals surface area contributed by atoms with Crippen molar-refractivity contribution in [3.8, 4) is 23.1 Å². The highest BCUT2D eigenvalue weighted by Crippen LogP contribution is 2.33. The lowest BCUT2D eigenvalue weighted by molar-refractivity contribution is 0.103. The van der Waals surface area contributed by atoms with Gasteiger partial charge in [0.05, 0.1) is 16.1 Å². The van der Waals surface area contributed by atoms with Crippen molar-refractivity contribution in [1.29, 1.82) is 0 Å². The monoisotopic (exact) mass is 390 g/mol. The van der Waals surface area contributed by atoms with Crippen LogP contribution < -0.4 is 10.5 Å². The lowest BCUT2D eigenvalue weighted by Gasteiger charge is -2.10. The van der Waals surface area contributed by atoms with Crippen molar-refractivity contribution in [3.63, 3.8) is 0 Å². The standard InChI is InChI=1S/C18H12Cl2N2O4/c19-9-1-3-10(4-2-9)26-16-6-5-11(18(21)22-16)17(25)12-7-15(24)13(20)8-14(12)23/h1-8,23-24H,(H2,21,22). The van der Waals surface area contributed by atoms with Crippen LogP contribution >= 0.6 is 23.2 Å². The molecule has 3 rings (SSSR count). The maximum Gasteiger partial charge on any atom is 0.221 e. The number of nitrogen functional groups attached to an aromatic ring is 1. The molecule has 0 amide bonds. The number of hydrogen-bond donors (Lipinski definition) is 3. The molecule has 0 radical (unpaired) electrons. The zero-order chi connectivity index (χ0) is 18.8. The van der Waals surface area contributed by atoms with Crippen molar-refractivity contribution in [3.05, 3.63) is 69.7 Å². The maximum atomic E-state index is 12.6. The van der Waals surface area contributed by atoms with Crippen molar-refractivity contribution in [2.45, 2.75) is 0 Å². The molecule has 0 aliphatic carbocycles. The number of phenolic OH excluding ortho intramolecular Hbond substituents is 2. The fraction of sp³-hybridized carbons (Fsp3) is 0. The summed E-state index contributed by atoms with van der Waals surface area (Å²) in [6.07, 6.45) is 0. The van der Waals surface area contributed by atoms with Gasteiger partial charge in [-0.2, -0.15) is 4.98 Å². The van der Waals surface area contributed by atoms with E-state index < -0.39 is 5.78 Å². The van der Waals surface area contributed by atoms with Crippen molar-refractivity contribution < 1.29 is 19.7 Å². The van der Waals surface area contributed by atoms with Crippen molar-refractivity contribution in [1.82, 2.24) is 4.98 Å². The Kier molecular flexibility index (Phi) is 4.88. The number of benzene rings is 2. The number of ketones is 1. The Morgan fingerprint density at radius 1 is 0.962 bits per heavy atom. The van der Waals surface area contributed by atoms with Crippen LogP contribution in [0, 0.1) is 0 Å². The molecule has 1 aromatic heterocycles. The van der Waals surface area contributed by atoms with Gasteiger partial charge in [0.1, 0.15) is 23.1 Å². The molecule has 6 nitrogen and oxygen atoms in total. The Bertz CT molecular complexity index is 991. The van der Waals surface area contributed by atoms with E-state index in [1.54, 1.807) is 24.3 Å². The number of hydrogen-bond acceptors (Lipinski definition) is 6. The lowest BCUT2D eigenvalue weighted by Crippen LogP contribution is -2.08. The van der Waals surface area contributed by atoms with Gasteiger partial charge >= 0.3 is 0 Å². The van der Waals surface area contributed by atoms with Gasteiger partial charge in [-0.3, -0.25) is 4.79 Å². The molecule has 0 spiro atoms. The molecule has 0 unspecified atom stereocenters. The fourth-order valence-corrected chi connectivity index (χ4v) is 2.49. The average Bonchev–Trinajstić information content (AvgIpc) is 2.60. The summed E-state index contributed by atoms with van der Waals surface area (Å²) < 4.78 is 5.55. The molecule has 0 atom stereocenters. The molecule has 0 aliphatic rings. The summed E-state index contributed by atoms with van der Waals surface area (Å²) in [6, 6.07) is 11.7. The van der Waals surface area contributed by atoms with E-state index in [1.807, 2.05) is 0 Å². The number of aromatic hydroxyl groups is 2. The van der Waals surface area contributed by atoms with E-state index in [2.05, 4.69) is 4.98 Å². The minimum absolute atomic E-state index is 0.0467. The van der Waals surface area contributed by atoms with Crippen LogP contribution in [-0.4, -0.2) is 21.0 Å². The number of carbonyl (C=O) groups is 1. The van der Waals surface area contributed by atoms with Gasteiger partial charge in [-0.25, -0.2) is 0 Å². The van der Waals surface area contributed by atoms with Crippen molar-refractivity contribution in [2.24, 2.45) is 0 Å². The third-order valence-corrected chi connectivity index (χ3v) is 4.04. The molecule has 0 bridgehead atoms. The Morgan fingerprint density at radius 3 is 2.31 bits per heavy atom. The summed E-state index contributed by atoms with van der Waals surface area (Å²) in [6.45, 7) is 0. The lowest BCUT2D eigenvalue weighted by atomic mass is 10.0. The van der Waals surface area contributed by atoms with E-state index in [1.165, 1.54) is 12.1 Å². The van der Waals surface area contributed by atoms with E-state index in [4.69, 9.17) is 33.7 Å². The molecular weight excluding hydrogens is 379 g/mol. The van der Waals surface area contributed by atoms with Gasteiger partial charge in [-0.1, -0.05) is 23.2 Å². The van der Waals surface area contributed by atoms with Crippen LogP contribution in [0.2, 0.25) is 10.0 Å². The van der Waals surface area contributed by atoms with E-state index in [-0.39, 0.29) is 39.3 Å². The smallest absolute Gasteiger partial charge is 0.221 e. The van der Waals surface area contributed by atoms with E-state index in [0.29, 0.717) is 10.8 Å². The van der Waals surface area contributed by atoms with E-state index in [9.17, 15) is 15.0 Å². The molecule has 0 aliphatic heterocycles. The SMILES string of the molecule is Nc1nc(Oc2ccc(Cl)cc2)ccc1C(=O)c1cc(O)c(Cl)cc1O. The normalized spacial score (nSPS) is 10.5. The van der Waals surface area contributed by atoms with Crippen LogP contribution in [0.1, 0.15) is 15.9 Å². The number of pyridine rings is 1. The second-order valence-corrected chi connectivity index (χ2v) is 6.13. The second-order valence-electron chi connectivity index (χ2n) is 5.29. The molecule has 3 aromatic rings. The minimum Gasteiger partial charge on any atom is -0.507 e.